The zero-order chi connectivity index (χ0) is 13.9. The molecule has 0 aromatic heterocycles. The summed E-state index contributed by atoms with van der Waals surface area (Å²) in [6.45, 7) is 5.38. The minimum absolute atomic E-state index is 0.0379. The molecular weight excluding hydrogens is 236 g/mol. The molecule has 0 spiro atoms. The highest BCUT2D eigenvalue weighted by Gasteiger charge is 2.33. The minimum Gasteiger partial charge on any atom is -0.355 e. The first-order valence-electron chi connectivity index (χ1n) is 8.03. The van der Waals surface area contributed by atoms with Crippen molar-refractivity contribution in [1.29, 1.82) is 0 Å². The maximum atomic E-state index is 12.3. The zero-order valence-electron chi connectivity index (χ0n) is 12.6. The zero-order valence-corrected chi connectivity index (χ0v) is 12.6. The topological polar surface area (TPSA) is 55.1 Å². The molecule has 0 radical (unpaired) electrons. The number of nitrogens with one attached hydrogen (secondary N) is 1. The molecule has 3 N–H and O–H groups in total. The SMILES string of the molecule is CC1CCC(N)C(C(=O)NCC2(C)CCCCC2)C1. The summed E-state index contributed by atoms with van der Waals surface area (Å²) in [4.78, 5) is 12.3. The van der Waals surface area contributed by atoms with Crippen molar-refractivity contribution in [3.05, 3.63) is 0 Å². The van der Waals surface area contributed by atoms with Gasteiger partial charge in [0.05, 0.1) is 5.92 Å². The highest BCUT2D eigenvalue weighted by molar-refractivity contribution is 5.79. The Morgan fingerprint density at radius 2 is 1.95 bits per heavy atom. The van der Waals surface area contributed by atoms with Gasteiger partial charge in [-0.1, -0.05) is 33.1 Å². The van der Waals surface area contributed by atoms with Gasteiger partial charge in [0.1, 0.15) is 0 Å². The first-order valence-corrected chi connectivity index (χ1v) is 8.03. The Balaban J connectivity index is 1.83. The Hall–Kier alpha value is -0.570. The lowest BCUT2D eigenvalue weighted by Crippen LogP contribution is -2.47. The Kier molecular flexibility index (Phi) is 4.88. The van der Waals surface area contributed by atoms with Crippen molar-refractivity contribution < 1.29 is 4.79 Å². The van der Waals surface area contributed by atoms with Crippen molar-refractivity contribution >= 4 is 5.91 Å². The molecule has 19 heavy (non-hydrogen) atoms. The van der Waals surface area contributed by atoms with Crippen LogP contribution in [-0.2, 0) is 4.79 Å². The summed E-state index contributed by atoms with van der Waals surface area (Å²) < 4.78 is 0. The quantitative estimate of drug-likeness (QED) is 0.825. The Bertz CT molecular complexity index is 310. The van der Waals surface area contributed by atoms with Gasteiger partial charge in [0.2, 0.25) is 5.91 Å². The van der Waals surface area contributed by atoms with E-state index in [4.69, 9.17) is 5.73 Å². The van der Waals surface area contributed by atoms with E-state index in [2.05, 4.69) is 19.2 Å². The van der Waals surface area contributed by atoms with Gasteiger partial charge >= 0.3 is 0 Å². The van der Waals surface area contributed by atoms with Crippen molar-refractivity contribution in [3.63, 3.8) is 0 Å². The second kappa shape index (κ2) is 6.25. The van der Waals surface area contributed by atoms with Crippen molar-refractivity contribution in [2.24, 2.45) is 23.0 Å². The maximum Gasteiger partial charge on any atom is 0.224 e. The van der Waals surface area contributed by atoms with Crippen LogP contribution in [0.15, 0.2) is 0 Å². The molecule has 0 aromatic rings. The lowest BCUT2D eigenvalue weighted by molar-refractivity contribution is -0.127. The van der Waals surface area contributed by atoms with Crippen molar-refractivity contribution in [3.8, 4) is 0 Å². The standard InChI is InChI=1S/C16H30N2O/c1-12-6-7-14(17)13(10-12)15(19)18-11-16(2)8-4-3-5-9-16/h12-14H,3-11,17H2,1-2H3,(H,18,19). The molecule has 0 heterocycles. The Morgan fingerprint density at radius 1 is 1.26 bits per heavy atom. The summed E-state index contributed by atoms with van der Waals surface area (Å²) in [6, 6.07) is 0.0651. The van der Waals surface area contributed by atoms with Crippen molar-refractivity contribution in [1.82, 2.24) is 5.32 Å². The second-order valence-corrected chi connectivity index (χ2v) is 7.28. The van der Waals surface area contributed by atoms with Gasteiger partial charge in [0.15, 0.2) is 0 Å². The summed E-state index contributed by atoms with van der Waals surface area (Å²) in [6.07, 6.45) is 9.61. The predicted octanol–water partition coefficient (Wildman–Crippen LogP) is 2.84. The first-order chi connectivity index (χ1) is 9.00. The molecule has 0 bridgehead atoms. The molecule has 3 heteroatoms. The van der Waals surface area contributed by atoms with Crippen LogP contribution in [0.25, 0.3) is 0 Å². The van der Waals surface area contributed by atoms with Crippen LogP contribution in [-0.4, -0.2) is 18.5 Å². The summed E-state index contributed by atoms with van der Waals surface area (Å²) in [5.41, 5.74) is 6.44. The van der Waals surface area contributed by atoms with E-state index in [1.807, 2.05) is 0 Å². The van der Waals surface area contributed by atoms with Gasteiger partial charge in [0, 0.05) is 12.6 Å². The van der Waals surface area contributed by atoms with Crippen LogP contribution in [0.2, 0.25) is 0 Å². The molecule has 2 saturated carbocycles. The van der Waals surface area contributed by atoms with Crippen molar-refractivity contribution in [2.75, 3.05) is 6.54 Å². The van der Waals surface area contributed by atoms with E-state index < -0.39 is 0 Å². The number of amides is 1. The highest BCUT2D eigenvalue weighted by atomic mass is 16.1. The number of carbonyl (C=O) groups excluding carboxylic acids is 1. The van der Waals surface area contributed by atoms with Gasteiger partial charge in [-0.3, -0.25) is 4.79 Å². The molecular formula is C16H30N2O. The summed E-state index contributed by atoms with van der Waals surface area (Å²) in [7, 11) is 0. The molecule has 0 aliphatic heterocycles. The molecule has 2 fully saturated rings. The minimum atomic E-state index is 0.0379. The second-order valence-electron chi connectivity index (χ2n) is 7.28. The molecule has 3 atom stereocenters. The summed E-state index contributed by atoms with van der Waals surface area (Å²) >= 11 is 0. The molecule has 3 unspecified atom stereocenters. The number of hydrogen-bond donors (Lipinski definition) is 2. The molecule has 2 aliphatic carbocycles. The van der Waals surface area contributed by atoms with Crippen LogP contribution in [0.5, 0.6) is 0 Å². The monoisotopic (exact) mass is 266 g/mol. The first kappa shape index (κ1) is 14.8. The van der Waals surface area contributed by atoms with Crippen LogP contribution in [0.4, 0.5) is 0 Å². The fourth-order valence-electron chi connectivity index (χ4n) is 3.72. The molecule has 2 aliphatic rings. The van der Waals surface area contributed by atoms with Gasteiger partial charge in [0.25, 0.3) is 0 Å². The van der Waals surface area contributed by atoms with E-state index in [-0.39, 0.29) is 17.9 Å². The van der Waals surface area contributed by atoms with E-state index in [1.54, 1.807) is 0 Å². The molecule has 3 nitrogen and oxygen atoms in total. The van der Waals surface area contributed by atoms with Gasteiger partial charge < -0.3 is 11.1 Å². The number of nitrogens with two attached hydrogens (primary N) is 1. The van der Waals surface area contributed by atoms with Crippen LogP contribution in [0, 0.1) is 17.3 Å². The third kappa shape index (κ3) is 3.95. The van der Waals surface area contributed by atoms with Crippen molar-refractivity contribution in [2.45, 2.75) is 71.3 Å². The third-order valence-corrected chi connectivity index (χ3v) is 5.25. The molecule has 1 amide bonds. The largest absolute Gasteiger partial charge is 0.355 e. The highest BCUT2D eigenvalue weighted by Crippen LogP contribution is 2.35. The van der Waals surface area contributed by atoms with E-state index in [0.29, 0.717) is 11.3 Å². The molecule has 110 valence electrons. The summed E-state index contributed by atoms with van der Waals surface area (Å²) in [5, 5.41) is 3.19. The maximum absolute atomic E-state index is 12.3. The van der Waals surface area contributed by atoms with E-state index >= 15 is 0 Å². The molecule has 2 rings (SSSR count). The van der Waals surface area contributed by atoms with Crippen LogP contribution in [0.3, 0.4) is 0 Å². The molecule has 0 saturated heterocycles. The summed E-state index contributed by atoms with van der Waals surface area (Å²) in [5.74, 6) is 0.877. The Labute approximate surface area is 117 Å². The van der Waals surface area contributed by atoms with Gasteiger partial charge in [-0.2, -0.15) is 0 Å². The number of rotatable bonds is 3. The molecule has 0 aromatic carbocycles. The van der Waals surface area contributed by atoms with Crippen LogP contribution >= 0.6 is 0 Å². The number of carbonyl (C=O) groups is 1. The van der Waals surface area contributed by atoms with E-state index in [1.165, 1.54) is 38.5 Å². The third-order valence-electron chi connectivity index (χ3n) is 5.25. The lowest BCUT2D eigenvalue weighted by atomic mass is 9.75. The normalized spacial score (nSPS) is 34.8. The van der Waals surface area contributed by atoms with E-state index in [0.717, 1.165) is 19.4 Å². The van der Waals surface area contributed by atoms with Crippen LogP contribution < -0.4 is 11.1 Å². The lowest BCUT2D eigenvalue weighted by Gasteiger charge is -2.36. The average molecular weight is 266 g/mol. The van der Waals surface area contributed by atoms with Gasteiger partial charge in [-0.15, -0.1) is 0 Å². The average Bonchev–Trinajstić information content (AvgIpc) is 2.40. The predicted molar refractivity (Wildman–Crippen MR) is 78.7 cm³/mol. The van der Waals surface area contributed by atoms with E-state index in [9.17, 15) is 4.79 Å². The fraction of sp³-hybridized carbons (Fsp3) is 0.938. The Morgan fingerprint density at radius 3 is 2.63 bits per heavy atom. The van der Waals surface area contributed by atoms with Gasteiger partial charge in [-0.05, 0) is 43.4 Å². The fourth-order valence-corrected chi connectivity index (χ4v) is 3.72. The smallest absolute Gasteiger partial charge is 0.224 e. The number of hydrogen-bond acceptors (Lipinski definition) is 2. The van der Waals surface area contributed by atoms with Gasteiger partial charge in [-0.25, -0.2) is 0 Å². The van der Waals surface area contributed by atoms with Crippen LogP contribution in [0.1, 0.15) is 65.2 Å².